The first kappa shape index (κ1) is 13.7. The van der Waals surface area contributed by atoms with Gasteiger partial charge >= 0.3 is 0 Å². The van der Waals surface area contributed by atoms with Gasteiger partial charge in [0, 0.05) is 22.2 Å². The minimum absolute atomic E-state index is 0.578. The molecule has 0 bridgehead atoms. The number of nitrogen functional groups attached to an aromatic ring is 1. The third kappa shape index (κ3) is 2.64. The highest BCUT2D eigenvalue weighted by Crippen LogP contribution is 2.29. The van der Waals surface area contributed by atoms with Gasteiger partial charge in [-0.15, -0.1) is 0 Å². The minimum Gasteiger partial charge on any atom is -0.497 e. The van der Waals surface area contributed by atoms with Crippen LogP contribution in [0.15, 0.2) is 59.1 Å². The van der Waals surface area contributed by atoms with Crippen molar-refractivity contribution in [2.45, 2.75) is 0 Å². The van der Waals surface area contributed by atoms with Gasteiger partial charge < -0.3 is 10.5 Å². The summed E-state index contributed by atoms with van der Waals surface area (Å²) in [6.45, 7) is 0. The summed E-state index contributed by atoms with van der Waals surface area (Å²) in [5, 5.41) is 4.59. The molecule has 0 saturated heterocycles. The maximum absolute atomic E-state index is 6.10. The second-order valence-corrected chi connectivity index (χ2v) is 5.40. The molecule has 2 aromatic carbocycles. The summed E-state index contributed by atoms with van der Waals surface area (Å²) in [6, 6.07) is 17.4. The second kappa shape index (κ2) is 5.61. The zero-order chi connectivity index (χ0) is 14.8. The lowest BCUT2D eigenvalue weighted by atomic mass is 10.1. The SMILES string of the molecule is COc1cccc(-n2nc(-c3ccccc3Br)cc2N)c1. The number of hydrogen-bond acceptors (Lipinski definition) is 3. The van der Waals surface area contributed by atoms with Crippen LogP contribution in [0.1, 0.15) is 0 Å². The fourth-order valence-corrected chi connectivity index (χ4v) is 2.63. The van der Waals surface area contributed by atoms with Gasteiger partial charge in [0.15, 0.2) is 0 Å². The average molecular weight is 344 g/mol. The number of methoxy groups -OCH3 is 1. The molecule has 1 aromatic heterocycles. The van der Waals surface area contributed by atoms with E-state index < -0.39 is 0 Å². The average Bonchev–Trinajstić information content (AvgIpc) is 2.89. The lowest BCUT2D eigenvalue weighted by molar-refractivity contribution is 0.414. The summed E-state index contributed by atoms with van der Waals surface area (Å²) in [5.74, 6) is 1.35. The first-order chi connectivity index (χ1) is 10.2. The number of benzene rings is 2. The molecule has 0 saturated carbocycles. The Labute approximate surface area is 131 Å². The standard InChI is InChI=1S/C16H14BrN3O/c1-21-12-6-4-5-11(9-12)20-16(18)10-15(19-20)13-7-2-3-8-14(13)17/h2-10H,18H2,1H3. The highest BCUT2D eigenvalue weighted by molar-refractivity contribution is 9.10. The van der Waals surface area contributed by atoms with Crippen molar-refractivity contribution in [3.8, 4) is 22.7 Å². The Morgan fingerprint density at radius 3 is 2.67 bits per heavy atom. The maximum Gasteiger partial charge on any atom is 0.127 e. The number of aromatic nitrogens is 2. The molecule has 0 fully saturated rings. The van der Waals surface area contributed by atoms with Gasteiger partial charge in [-0.3, -0.25) is 0 Å². The first-order valence-electron chi connectivity index (χ1n) is 6.44. The van der Waals surface area contributed by atoms with E-state index in [0.717, 1.165) is 27.2 Å². The largest absolute Gasteiger partial charge is 0.497 e. The van der Waals surface area contributed by atoms with Crippen LogP contribution in [0, 0.1) is 0 Å². The van der Waals surface area contributed by atoms with E-state index in [1.54, 1.807) is 11.8 Å². The van der Waals surface area contributed by atoms with Crippen LogP contribution in [0.3, 0.4) is 0 Å². The molecule has 3 aromatic rings. The quantitative estimate of drug-likeness (QED) is 0.784. The summed E-state index contributed by atoms with van der Waals surface area (Å²) in [7, 11) is 1.64. The molecule has 5 heteroatoms. The summed E-state index contributed by atoms with van der Waals surface area (Å²) >= 11 is 3.54. The molecule has 0 spiro atoms. The Morgan fingerprint density at radius 2 is 1.90 bits per heavy atom. The van der Waals surface area contributed by atoms with Gasteiger partial charge in [0.05, 0.1) is 18.5 Å². The molecule has 0 aliphatic heterocycles. The van der Waals surface area contributed by atoms with Crippen molar-refractivity contribution in [2.24, 2.45) is 0 Å². The fourth-order valence-electron chi connectivity index (χ4n) is 2.15. The van der Waals surface area contributed by atoms with E-state index in [1.807, 2.05) is 54.6 Å². The smallest absolute Gasteiger partial charge is 0.127 e. The highest BCUT2D eigenvalue weighted by atomic mass is 79.9. The molecule has 0 aliphatic rings. The molecule has 0 atom stereocenters. The number of ether oxygens (including phenoxy) is 1. The van der Waals surface area contributed by atoms with Gasteiger partial charge in [0.1, 0.15) is 11.6 Å². The zero-order valence-corrected chi connectivity index (χ0v) is 13.0. The zero-order valence-electron chi connectivity index (χ0n) is 11.5. The van der Waals surface area contributed by atoms with Crippen LogP contribution in [0.2, 0.25) is 0 Å². The van der Waals surface area contributed by atoms with Crippen molar-refractivity contribution >= 4 is 21.7 Å². The summed E-state index contributed by atoms with van der Waals surface area (Å²) in [4.78, 5) is 0. The van der Waals surface area contributed by atoms with Crippen molar-refractivity contribution in [1.82, 2.24) is 9.78 Å². The highest BCUT2D eigenvalue weighted by Gasteiger charge is 2.11. The topological polar surface area (TPSA) is 53.1 Å². The van der Waals surface area contributed by atoms with E-state index in [4.69, 9.17) is 10.5 Å². The van der Waals surface area contributed by atoms with Crippen LogP contribution in [0.4, 0.5) is 5.82 Å². The molecular formula is C16H14BrN3O. The predicted octanol–water partition coefficient (Wildman–Crippen LogP) is 3.89. The van der Waals surface area contributed by atoms with Gasteiger partial charge in [0.25, 0.3) is 0 Å². The van der Waals surface area contributed by atoms with Crippen molar-refractivity contribution in [3.63, 3.8) is 0 Å². The molecule has 0 unspecified atom stereocenters. The molecule has 0 radical (unpaired) electrons. The van der Waals surface area contributed by atoms with Gasteiger partial charge in [-0.25, -0.2) is 4.68 Å². The number of nitrogens with zero attached hydrogens (tertiary/aromatic N) is 2. The Bertz CT molecular complexity index is 783. The fraction of sp³-hybridized carbons (Fsp3) is 0.0625. The van der Waals surface area contributed by atoms with Crippen molar-refractivity contribution in [1.29, 1.82) is 0 Å². The van der Waals surface area contributed by atoms with Crippen LogP contribution in [-0.2, 0) is 0 Å². The normalized spacial score (nSPS) is 10.6. The molecule has 0 amide bonds. The number of anilines is 1. The Kier molecular flexibility index (Phi) is 3.66. The van der Waals surface area contributed by atoms with E-state index in [0.29, 0.717) is 5.82 Å². The van der Waals surface area contributed by atoms with Crippen molar-refractivity contribution in [2.75, 3.05) is 12.8 Å². The van der Waals surface area contributed by atoms with Crippen molar-refractivity contribution in [3.05, 3.63) is 59.1 Å². The molecule has 106 valence electrons. The Morgan fingerprint density at radius 1 is 1.10 bits per heavy atom. The molecule has 1 heterocycles. The lowest BCUT2D eigenvalue weighted by Gasteiger charge is -2.06. The molecule has 2 N–H and O–H groups in total. The van der Waals surface area contributed by atoms with Crippen LogP contribution in [0.25, 0.3) is 16.9 Å². The van der Waals surface area contributed by atoms with Crippen LogP contribution in [-0.4, -0.2) is 16.9 Å². The third-order valence-corrected chi connectivity index (χ3v) is 3.88. The van der Waals surface area contributed by atoms with E-state index in [1.165, 1.54) is 0 Å². The van der Waals surface area contributed by atoms with E-state index in [-0.39, 0.29) is 0 Å². The van der Waals surface area contributed by atoms with Crippen LogP contribution in [0.5, 0.6) is 5.75 Å². The maximum atomic E-state index is 6.10. The van der Waals surface area contributed by atoms with Crippen LogP contribution < -0.4 is 10.5 Å². The van der Waals surface area contributed by atoms with E-state index in [2.05, 4.69) is 21.0 Å². The lowest BCUT2D eigenvalue weighted by Crippen LogP contribution is -2.01. The molecule has 21 heavy (non-hydrogen) atoms. The summed E-state index contributed by atoms with van der Waals surface area (Å²) in [5.41, 5.74) is 8.79. The van der Waals surface area contributed by atoms with Gasteiger partial charge in [-0.2, -0.15) is 5.10 Å². The molecule has 3 rings (SSSR count). The molecule has 0 aliphatic carbocycles. The Balaban J connectivity index is 2.08. The van der Waals surface area contributed by atoms with Crippen LogP contribution >= 0.6 is 15.9 Å². The van der Waals surface area contributed by atoms with E-state index >= 15 is 0 Å². The second-order valence-electron chi connectivity index (χ2n) is 4.55. The predicted molar refractivity (Wildman–Crippen MR) is 87.7 cm³/mol. The minimum atomic E-state index is 0.578. The number of rotatable bonds is 3. The number of hydrogen-bond donors (Lipinski definition) is 1. The molecular weight excluding hydrogens is 330 g/mol. The molecule has 4 nitrogen and oxygen atoms in total. The third-order valence-electron chi connectivity index (χ3n) is 3.18. The number of nitrogens with two attached hydrogens (primary N) is 1. The van der Waals surface area contributed by atoms with Crippen molar-refractivity contribution < 1.29 is 4.74 Å². The monoisotopic (exact) mass is 343 g/mol. The summed E-state index contributed by atoms with van der Waals surface area (Å²) in [6.07, 6.45) is 0. The van der Waals surface area contributed by atoms with E-state index in [9.17, 15) is 0 Å². The number of halogens is 1. The first-order valence-corrected chi connectivity index (χ1v) is 7.23. The summed E-state index contributed by atoms with van der Waals surface area (Å²) < 4.78 is 7.93. The van der Waals surface area contributed by atoms with Gasteiger partial charge in [-0.1, -0.05) is 40.2 Å². The van der Waals surface area contributed by atoms with Gasteiger partial charge in [-0.05, 0) is 18.2 Å². The Hall–Kier alpha value is -2.27. The van der Waals surface area contributed by atoms with Gasteiger partial charge in [0.2, 0.25) is 0 Å².